The van der Waals surface area contributed by atoms with E-state index in [2.05, 4.69) is 57.7 Å². The molecule has 0 aromatic carbocycles. The Morgan fingerprint density at radius 2 is 2.00 bits per heavy atom. The number of hydrogen-bond acceptors (Lipinski definition) is 4. The van der Waals surface area contributed by atoms with E-state index in [0.717, 1.165) is 50.2 Å². The molecule has 2 aliphatic rings. The molecule has 0 bridgehead atoms. The minimum atomic E-state index is 0.0545. The molecule has 28 heavy (non-hydrogen) atoms. The Morgan fingerprint density at radius 1 is 1.21 bits per heavy atom. The van der Waals surface area contributed by atoms with Gasteiger partial charge in [-0.25, -0.2) is 0 Å². The number of ether oxygens (including phenoxy) is 1. The van der Waals surface area contributed by atoms with Crippen LogP contribution in [-0.2, 0) is 11.8 Å². The van der Waals surface area contributed by atoms with Gasteiger partial charge in [0.15, 0.2) is 5.11 Å². The average Bonchev–Trinajstić information content (AvgIpc) is 3.18. The molecular formula is C21H29N5OS. The lowest BCUT2D eigenvalue weighted by Crippen LogP contribution is -2.42. The van der Waals surface area contributed by atoms with Crippen LogP contribution in [0, 0.1) is 13.8 Å². The van der Waals surface area contributed by atoms with Crippen molar-refractivity contribution in [1.82, 2.24) is 24.7 Å². The second-order valence-electron chi connectivity index (χ2n) is 7.66. The molecule has 0 radical (unpaired) electrons. The topological polar surface area (TPSA) is 45.6 Å². The minimum Gasteiger partial charge on any atom is -0.379 e. The van der Waals surface area contributed by atoms with E-state index in [-0.39, 0.29) is 12.1 Å². The summed E-state index contributed by atoms with van der Waals surface area (Å²) in [7, 11) is 2.13. The van der Waals surface area contributed by atoms with Gasteiger partial charge in [-0.3, -0.25) is 9.88 Å². The number of rotatable bonds is 5. The van der Waals surface area contributed by atoms with E-state index in [0.29, 0.717) is 0 Å². The number of pyridine rings is 1. The highest BCUT2D eigenvalue weighted by atomic mass is 32.1. The monoisotopic (exact) mass is 399 g/mol. The Kier molecular flexibility index (Phi) is 5.66. The molecule has 2 fully saturated rings. The first-order chi connectivity index (χ1) is 13.6. The van der Waals surface area contributed by atoms with Crippen LogP contribution >= 0.6 is 12.2 Å². The molecule has 2 aromatic rings. The Balaban J connectivity index is 1.64. The molecule has 0 amide bonds. The van der Waals surface area contributed by atoms with Gasteiger partial charge in [-0.05, 0) is 49.8 Å². The van der Waals surface area contributed by atoms with Gasteiger partial charge in [0.2, 0.25) is 0 Å². The largest absolute Gasteiger partial charge is 0.379 e. The van der Waals surface area contributed by atoms with E-state index in [1.807, 2.05) is 18.3 Å². The number of aryl methyl sites for hydroxylation is 1. The maximum atomic E-state index is 5.78. The number of hydrogen-bond donors (Lipinski definition) is 1. The van der Waals surface area contributed by atoms with Gasteiger partial charge in [-0.1, -0.05) is 6.07 Å². The molecule has 2 aliphatic heterocycles. The highest BCUT2D eigenvalue weighted by molar-refractivity contribution is 7.80. The molecule has 1 N–H and O–H groups in total. The van der Waals surface area contributed by atoms with Crippen molar-refractivity contribution in [2.24, 2.45) is 7.05 Å². The fraction of sp³-hybridized carbons (Fsp3) is 0.524. The summed E-state index contributed by atoms with van der Waals surface area (Å²) in [5, 5.41) is 4.37. The number of nitrogens with one attached hydrogen (secondary N) is 1. The van der Waals surface area contributed by atoms with Crippen molar-refractivity contribution in [1.29, 1.82) is 0 Å². The molecule has 7 heteroatoms. The van der Waals surface area contributed by atoms with Gasteiger partial charge >= 0.3 is 0 Å². The first kappa shape index (κ1) is 19.4. The third-order valence-corrected chi connectivity index (χ3v) is 6.44. The molecule has 2 aromatic heterocycles. The third-order valence-electron chi connectivity index (χ3n) is 6.09. The molecule has 4 heterocycles. The van der Waals surface area contributed by atoms with E-state index < -0.39 is 0 Å². The zero-order chi connectivity index (χ0) is 19.7. The maximum Gasteiger partial charge on any atom is 0.170 e. The Labute approximate surface area is 172 Å². The number of aromatic nitrogens is 2. The Morgan fingerprint density at radius 3 is 2.64 bits per heavy atom. The Bertz CT molecular complexity index is 831. The van der Waals surface area contributed by atoms with Crippen molar-refractivity contribution in [3.8, 4) is 0 Å². The van der Waals surface area contributed by atoms with Crippen molar-refractivity contribution < 1.29 is 4.74 Å². The summed E-state index contributed by atoms with van der Waals surface area (Å²) in [5.74, 6) is 0. The van der Waals surface area contributed by atoms with Crippen LogP contribution in [0.15, 0.2) is 30.5 Å². The predicted octanol–water partition coefficient (Wildman–Crippen LogP) is 2.34. The molecule has 6 nitrogen and oxygen atoms in total. The molecular weight excluding hydrogens is 370 g/mol. The SMILES string of the molecule is Cc1cc([C@@H]2[C@H](c3ccccn3)NC(=S)N2CCN2CCOCC2)c(C)n1C. The van der Waals surface area contributed by atoms with Crippen LogP contribution in [0.3, 0.4) is 0 Å². The zero-order valence-electron chi connectivity index (χ0n) is 16.9. The average molecular weight is 400 g/mol. The predicted molar refractivity (Wildman–Crippen MR) is 114 cm³/mol. The highest BCUT2D eigenvalue weighted by Crippen LogP contribution is 2.40. The summed E-state index contributed by atoms with van der Waals surface area (Å²) >= 11 is 5.78. The van der Waals surface area contributed by atoms with Gasteiger partial charge in [0.1, 0.15) is 0 Å². The van der Waals surface area contributed by atoms with Crippen LogP contribution in [-0.4, -0.2) is 63.9 Å². The second kappa shape index (κ2) is 8.19. The van der Waals surface area contributed by atoms with Gasteiger partial charge in [0.25, 0.3) is 0 Å². The van der Waals surface area contributed by atoms with Gasteiger partial charge in [-0.2, -0.15) is 0 Å². The standard InChI is InChI=1S/C21H29N5OS/c1-15-14-17(16(2)24(15)3)20-19(18-6-4-5-7-22-18)23-21(28)26(20)9-8-25-10-12-27-13-11-25/h4-7,14,19-20H,8-13H2,1-3H3,(H,23,28)/t19-,20+/m0/s1. The van der Waals surface area contributed by atoms with Gasteiger partial charge in [-0.15, -0.1) is 0 Å². The van der Waals surface area contributed by atoms with E-state index in [9.17, 15) is 0 Å². The fourth-order valence-electron chi connectivity index (χ4n) is 4.24. The molecule has 0 unspecified atom stereocenters. The summed E-state index contributed by atoms with van der Waals surface area (Å²) in [4.78, 5) is 9.44. The molecule has 150 valence electrons. The lowest BCUT2D eigenvalue weighted by molar-refractivity contribution is 0.0350. The minimum absolute atomic E-state index is 0.0545. The lowest BCUT2D eigenvalue weighted by atomic mass is 9.97. The maximum absolute atomic E-state index is 5.78. The molecule has 0 saturated carbocycles. The normalized spacial score (nSPS) is 23.2. The molecule has 0 aliphatic carbocycles. The molecule has 0 spiro atoms. The number of thiocarbonyl (C=S) groups is 1. The second-order valence-corrected chi connectivity index (χ2v) is 8.05. The zero-order valence-corrected chi connectivity index (χ0v) is 17.7. The molecule has 2 atom stereocenters. The quantitative estimate of drug-likeness (QED) is 0.779. The van der Waals surface area contributed by atoms with Crippen molar-refractivity contribution in [3.05, 3.63) is 53.1 Å². The summed E-state index contributed by atoms with van der Waals surface area (Å²) in [6, 6.07) is 8.59. The highest BCUT2D eigenvalue weighted by Gasteiger charge is 2.41. The van der Waals surface area contributed by atoms with Crippen LogP contribution in [0.2, 0.25) is 0 Å². The third kappa shape index (κ3) is 3.66. The van der Waals surface area contributed by atoms with Crippen molar-refractivity contribution in [2.45, 2.75) is 25.9 Å². The van der Waals surface area contributed by atoms with Crippen LogP contribution in [0.25, 0.3) is 0 Å². The summed E-state index contributed by atoms with van der Waals surface area (Å²) in [6.45, 7) is 9.86. The number of nitrogens with zero attached hydrogens (tertiary/aromatic N) is 4. The van der Waals surface area contributed by atoms with Gasteiger partial charge < -0.3 is 19.5 Å². The lowest BCUT2D eigenvalue weighted by Gasteiger charge is -2.32. The van der Waals surface area contributed by atoms with Gasteiger partial charge in [0.05, 0.1) is 31.0 Å². The van der Waals surface area contributed by atoms with Crippen molar-refractivity contribution in [2.75, 3.05) is 39.4 Å². The van der Waals surface area contributed by atoms with Crippen molar-refractivity contribution in [3.63, 3.8) is 0 Å². The van der Waals surface area contributed by atoms with E-state index >= 15 is 0 Å². The molecule has 4 rings (SSSR count). The van der Waals surface area contributed by atoms with Gasteiger partial charge in [0, 0.05) is 50.8 Å². The first-order valence-electron chi connectivity index (χ1n) is 9.97. The fourth-order valence-corrected chi connectivity index (χ4v) is 4.57. The van der Waals surface area contributed by atoms with Crippen LogP contribution in [0.1, 0.15) is 34.7 Å². The van der Waals surface area contributed by atoms with Crippen molar-refractivity contribution >= 4 is 17.3 Å². The van der Waals surface area contributed by atoms with E-state index in [1.165, 1.54) is 17.0 Å². The first-order valence-corrected chi connectivity index (χ1v) is 10.4. The van der Waals surface area contributed by atoms with Crippen LogP contribution < -0.4 is 5.32 Å². The number of morpholine rings is 1. The summed E-state index contributed by atoms with van der Waals surface area (Å²) in [5.41, 5.74) is 4.90. The van der Waals surface area contributed by atoms with E-state index in [4.69, 9.17) is 17.0 Å². The molecule has 2 saturated heterocycles. The van der Waals surface area contributed by atoms with E-state index in [1.54, 1.807) is 0 Å². The smallest absolute Gasteiger partial charge is 0.170 e. The summed E-state index contributed by atoms with van der Waals surface area (Å²) in [6.07, 6.45) is 1.86. The summed E-state index contributed by atoms with van der Waals surface area (Å²) < 4.78 is 7.74. The Hall–Kier alpha value is -1.96. The van der Waals surface area contributed by atoms with Crippen LogP contribution in [0.4, 0.5) is 0 Å². The van der Waals surface area contributed by atoms with Crippen LogP contribution in [0.5, 0.6) is 0 Å².